The number of pyridine rings is 2. The number of hydrogen-bond donors (Lipinski definition) is 2. The zero-order chi connectivity index (χ0) is 20.1. The lowest BCUT2D eigenvalue weighted by atomic mass is 9.97. The van der Waals surface area contributed by atoms with E-state index in [4.69, 9.17) is 4.74 Å². The Morgan fingerprint density at radius 2 is 1.93 bits per heavy atom. The molecular weight excluding hydrogens is 354 g/mol. The van der Waals surface area contributed by atoms with E-state index in [9.17, 15) is 4.79 Å². The van der Waals surface area contributed by atoms with Gasteiger partial charge in [-0.05, 0) is 43.5 Å². The van der Waals surface area contributed by atoms with Crippen LogP contribution in [0.1, 0.15) is 36.8 Å². The normalized spacial score (nSPS) is 15.4. The topological polar surface area (TPSA) is 79.4 Å². The van der Waals surface area contributed by atoms with Crippen LogP contribution < -0.4 is 15.5 Å². The molecule has 1 atom stereocenters. The van der Waals surface area contributed by atoms with Crippen LogP contribution in [0.25, 0.3) is 0 Å². The minimum atomic E-state index is -0.257. The standard InChI is InChI=1S/C21H29N5O2/c1-14(2)19(20-15(3)6-5-9-22-20)25-21(27)24-17-7-8-18(23-16(17)4)26-10-12-28-13-11-26/h5-9,14,19H,10-13H2,1-4H3,(H2,24,25,27). The van der Waals surface area contributed by atoms with E-state index in [1.54, 1.807) is 6.20 Å². The summed E-state index contributed by atoms with van der Waals surface area (Å²) in [5.41, 5.74) is 3.45. The molecule has 0 saturated carbocycles. The van der Waals surface area contributed by atoms with Crippen molar-refractivity contribution in [2.75, 3.05) is 36.5 Å². The van der Waals surface area contributed by atoms with E-state index in [1.807, 2.05) is 38.1 Å². The maximum Gasteiger partial charge on any atom is 0.319 e. The molecule has 1 aliphatic rings. The molecule has 1 fully saturated rings. The second kappa shape index (κ2) is 9.01. The predicted molar refractivity (Wildman–Crippen MR) is 111 cm³/mol. The number of aryl methyl sites for hydroxylation is 2. The molecule has 28 heavy (non-hydrogen) atoms. The van der Waals surface area contributed by atoms with Crippen molar-refractivity contribution in [2.45, 2.75) is 33.7 Å². The Balaban J connectivity index is 1.69. The first-order valence-electron chi connectivity index (χ1n) is 9.75. The average Bonchev–Trinajstić information content (AvgIpc) is 2.69. The van der Waals surface area contributed by atoms with Crippen LogP contribution in [0.3, 0.4) is 0 Å². The second-order valence-corrected chi connectivity index (χ2v) is 7.43. The van der Waals surface area contributed by atoms with Crippen molar-refractivity contribution in [3.8, 4) is 0 Å². The first kappa shape index (κ1) is 20.1. The van der Waals surface area contributed by atoms with Gasteiger partial charge in [0.1, 0.15) is 5.82 Å². The smallest absolute Gasteiger partial charge is 0.319 e. The van der Waals surface area contributed by atoms with Gasteiger partial charge < -0.3 is 20.3 Å². The molecule has 3 heterocycles. The number of nitrogens with one attached hydrogen (secondary N) is 2. The number of carbonyl (C=O) groups excluding carboxylic acids is 1. The monoisotopic (exact) mass is 383 g/mol. The van der Waals surface area contributed by atoms with E-state index in [1.165, 1.54) is 0 Å². The number of aromatic nitrogens is 2. The number of amides is 2. The van der Waals surface area contributed by atoms with Crippen LogP contribution in [0.5, 0.6) is 0 Å². The fraction of sp³-hybridized carbons (Fsp3) is 0.476. The average molecular weight is 383 g/mol. The van der Waals surface area contributed by atoms with Gasteiger partial charge in [0, 0.05) is 19.3 Å². The summed E-state index contributed by atoms with van der Waals surface area (Å²) in [4.78, 5) is 24.0. The SMILES string of the molecule is Cc1cccnc1C(NC(=O)Nc1ccc(N2CCOCC2)nc1C)C(C)C. The number of carbonyl (C=O) groups is 1. The maximum absolute atomic E-state index is 12.6. The highest BCUT2D eigenvalue weighted by atomic mass is 16.5. The van der Waals surface area contributed by atoms with Crippen LogP contribution in [0.2, 0.25) is 0 Å². The van der Waals surface area contributed by atoms with Gasteiger partial charge in [-0.2, -0.15) is 0 Å². The Labute approximate surface area is 166 Å². The number of nitrogens with zero attached hydrogens (tertiary/aromatic N) is 3. The van der Waals surface area contributed by atoms with E-state index < -0.39 is 0 Å². The highest BCUT2D eigenvalue weighted by Crippen LogP contribution is 2.23. The lowest BCUT2D eigenvalue weighted by Crippen LogP contribution is -2.37. The molecule has 0 aliphatic carbocycles. The zero-order valence-electron chi connectivity index (χ0n) is 17.0. The first-order chi connectivity index (χ1) is 13.5. The van der Waals surface area contributed by atoms with Crippen molar-refractivity contribution in [1.29, 1.82) is 0 Å². The van der Waals surface area contributed by atoms with Gasteiger partial charge in [-0.15, -0.1) is 0 Å². The molecule has 0 aromatic carbocycles. The summed E-state index contributed by atoms with van der Waals surface area (Å²) in [6.07, 6.45) is 1.76. The summed E-state index contributed by atoms with van der Waals surface area (Å²) in [5, 5.41) is 5.99. The third-order valence-corrected chi connectivity index (χ3v) is 4.95. The third kappa shape index (κ3) is 4.78. The number of hydrogen-bond acceptors (Lipinski definition) is 5. The number of morpholine rings is 1. The van der Waals surface area contributed by atoms with Crippen LogP contribution >= 0.6 is 0 Å². The van der Waals surface area contributed by atoms with Crippen LogP contribution in [0, 0.1) is 19.8 Å². The minimum absolute atomic E-state index is 0.165. The Morgan fingerprint density at radius 3 is 2.57 bits per heavy atom. The summed E-state index contributed by atoms with van der Waals surface area (Å²) in [6, 6.07) is 7.34. The number of ether oxygens (including phenoxy) is 1. The summed E-state index contributed by atoms with van der Waals surface area (Å²) < 4.78 is 5.39. The van der Waals surface area contributed by atoms with Crippen LogP contribution in [0.4, 0.5) is 16.3 Å². The van der Waals surface area contributed by atoms with Gasteiger partial charge in [-0.3, -0.25) is 4.98 Å². The summed E-state index contributed by atoms with van der Waals surface area (Å²) in [6.45, 7) is 11.2. The van der Waals surface area contributed by atoms with E-state index in [2.05, 4.69) is 39.3 Å². The highest BCUT2D eigenvalue weighted by molar-refractivity contribution is 5.90. The van der Waals surface area contributed by atoms with E-state index in [0.29, 0.717) is 18.9 Å². The Hall–Kier alpha value is -2.67. The van der Waals surface area contributed by atoms with Gasteiger partial charge in [-0.1, -0.05) is 19.9 Å². The molecule has 150 valence electrons. The summed E-state index contributed by atoms with van der Waals surface area (Å²) in [7, 11) is 0. The molecule has 0 bridgehead atoms. The molecule has 0 spiro atoms. The molecular formula is C21H29N5O2. The van der Waals surface area contributed by atoms with Crippen molar-refractivity contribution >= 4 is 17.5 Å². The number of urea groups is 1. The van der Waals surface area contributed by atoms with Crippen LogP contribution in [-0.4, -0.2) is 42.3 Å². The van der Waals surface area contributed by atoms with Gasteiger partial charge in [0.05, 0.1) is 36.3 Å². The van der Waals surface area contributed by atoms with E-state index in [0.717, 1.165) is 35.9 Å². The molecule has 1 saturated heterocycles. The molecule has 2 N–H and O–H groups in total. The van der Waals surface area contributed by atoms with Crippen molar-refractivity contribution in [3.63, 3.8) is 0 Å². The van der Waals surface area contributed by atoms with Crippen LogP contribution in [0.15, 0.2) is 30.5 Å². The highest BCUT2D eigenvalue weighted by Gasteiger charge is 2.22. The quantitative estimate of drug-likeness (QED) is 0.827. The lowest BCUT2D eigenvalue weighted by Gasteiger charge is -2.28. The Morgan fingerprint density at radius 1 is 1.18 bits per heavy atom. The van der Waals surface area contributed by atoms with E-state index >= 15 is 0 Å². The fourth-order valence-corrected chi connectivity index (χ4v) is 3.32. The molecule has 2 aromatic heterocycles. The minimum Gasteiger partial charge on any atom is -0.378 e. The molecule has 7 nitrogen and oxygen atoms in total. The third-order valence-electron chi connectivity index (χ3n) is 4.95. The zero-order valence-corrected chi connectivity index (χ0v) is 17.0. The second-order valence-electron chi connectivity index (χ2n) is 7.43. The van der Waals surface area contributed by atoms with Crippen molar-refractivity contribution in [1.82, 2.24) is 15.3 Å². The molecule has 7 heteroatoms. The molecule has 3 rings (SSSR count). The Kier molecular flexibility index (Phi) is 6.46. The molecule has 0 radical (unpaired) electrons. The Bertz CT molecular complexity index is 818. The molecule has 1 aliphatic heterocycles. The van der Waals surface area contributed by atoms with Gasteiger partial charge in [0.2, 0.25) is 0 Å². The van der Waals surface area contributed by atoms with Crippen molar-refractivity contribution in [2.24, 2.45) is 5.92 Å². The molecule has 2 amide bonds. The van der Waals surface area contributed by atoms with Crippen molar-refractivity contribution < 1.29 is 9.53 Å². The summed E-state index contributed by atoms with van der Waals surface area (Å²) >= 11 is 0. The van der Waals surface area contributed by atoms with Crippen molar-refractivity contribution in [3.05, 3.63) is 47.4 Å². The number of rotatable bonds is 5. The summed E-state index contributed by atoms with van der Waals surface area (Å²) in [5.74, 6) is 1.12. The fourth-order valence-electron chi connectivity index (χ4n) is 3.32. The predicted octanol–water partition coefficient (Wildman–Crippen LogP) is 3.45. The van der Waals surface area contributed by atoms with Crippen LogP contribution in [-0.2, 0) is 4.74 Å². The van der Waals surface area contributed by atoms with Gasteiger partial charge >= 0.3 is 6.03 Å². The van der Waals surface area contributed by atoms with Gasteiger partial charge in [-0.25, -0.2) is 9.78 Å². The molecule has 2 aromatic rings. The molecule has 1 unspecified atom stereocenters. The first-order valence-corrected chi connectivity index (χ1v) is 9.75. The number of anilines is 2. The lowest BCUT2D eigenvalue weighted by molar-refractivity contribution is 0.122. The van der Waals surface area contributed by atoms with E-state index in [-0.39, 0.29) is 18.0 Å². The van der Waals surface area contributed by atoms with Gasteiger partial charge in [0.15, 0.2) is 0 Å². The maximum atomic E-state index is 12.6. The van der Waals surface area contributed by atoms with Gasteiger partial charge in [0.25, 0.3) is 0 Å². The largest absolute Gasteiger partial charge is 0.378 e.